The molecule has 2 aromatic rings. The lowest BCUT2D eigenvalue weighted by molar-refractivity contribution is 0.559. The normalized spacial score (nSPS) is 13.7. The summed E-state index contributed by atoms with van der Waals surface area (Å²) in [5, 5.41) is 19.6. The molecule has 1 unspecified atom stereocenters. The van der Waals surface area contributed by atoms with Gasteiger partial charge < -0.3 is 0 Å². The van der Waals surface area contributed by atoms with E-state index in [2.05, 4.69) is 35.5 Å². The molecule has 0 aliphatic carbocycles. The highest BCUT2D eigenvalue weighted by atomic mass is 32.2. The Morgan fingerprint density at radius 1 is 1.28 bits per heavy atom. The summed E-state index contributed by atoms with van der Waals surface area (Å²) in [5.41, 5.74) is 0.903. The molecule has 9 nitrogen and oxygen atoms in total. The average molecular weight is 271 g/mol. The van der Waals surface area contributed by atoms with Gasteiger partial charge in [0.2, 0.25) is 10.0 Å². The van der Waals surface area contributed by atoms with E-state index in [0.717, 1.165) is 0 Å². The quantitative estimate of drug-likeness (QED) is 0.692. The Kier molecular flexibility index (Phi) is 3.13. The molecule has 0 saturated heterocycles. The first-order valence-corrected chi connectivity index (χ1v) is 6.67. The van der Waals surface area contributed by atoms with Gasteiger partial charge in [-0.2, -0.15) is 10.3 Å². The molecule has 0 aromatic carbocycles. The van der Waals surface area contributed by atoms with E-state index in [1.165, 1.54) is 0 Å². The van der Waals surface area contributed by atoms with Gasteiger partial charge in [0.1, 0.15) is 4.90 Å². The summed E-state index contributed by atoms with van der Waals surface area (Å²) in [4.78, 5) is 0.151. The summed E-state index contributed by atoms with van der Waals surface area (Å²) < 4.78 is 26.8. The van der Waals surface area contributed by atoms with Crippen molar-refractivity contribution in [2.75, 3.05) is 0 Å². The predicted octanol–water partition coefficient (Wildman–Crippen LogP) is -0.421. The molecule has 0 aliphatic heterocycles. The van der Waals surface area contributed by atoms with Crippen LogP contribution in [0.5, 0.6) is 0 Å². The van der Waals surface area contributed by atoms with Crippen LogP contribution in [0.1, 0.15) is 30.2 Å². The van der Waals surface area contributed by atoms with Crippen molar-refractivity contribution in [3.05, 3.63) is 17.2 Å². The minimum absolute atomic E-state index is 0.151. The molecule has 2 aromatic heterocycles. The molecule has 98 valence electrons. The van der Waals surface area contributed by atoms with Crippen LogP contribution in [0.2, 0.25) is 0 Å². The van der Waals surface area contributed by atoms with Crippen LogP contribution in [0.25, 0.3) is 0 Å². The van der Waals surface area contributed by atoms with Gasteiger partial charge in [-0.05, 0) is 20.8 Å². The number of nitrogens with zero attached hydrogens (tertiary/aromatic N) is 4. The first-order chi connectivity index (χ1) is 8.42. The molecule has 2 heterocycles. The predicted molar refractivity (Wildman–Crippen MR) is 61.0 cm³/mol. The third-order valence-corrected chi connectivity index (χ3v) is 4.21. The molecule has 0 bridgehead atoms. The number of aromatic nitrogens is 6. The van der Waals surface area contributed by atoms with Crippen LogP contribution in [-0.2, 0) is 10.0 Å². The first kappa shape index (κ1) is 12.6. The molecule has 0 radical (unpaired) electrons. The fraction of sp³-hybridized carbons (Fsp3) is 0.500. The third kappa shape index (κ3) is 2.24. The van der Waals surface area contributed by atoms with Gasteiger partial charge in [-0.15, -0.1) is 10.2 Å². The van der Waals surface area contributed by atoms with Crippen molar-refractivity contribution in [3.63, 3.8) is 0 Å². The molecule has 0 amide bonds. The molecule has 0 spiro atoms. The smallest absolute Gasteiger partial charge is 0.244 e. The number of tetrazole rings is 1. The van der Waals surface area contributed by atoms with E-state index in [0.29, 0.717) is 11.4 Å². The van der Waals surface area contributed by atoms with Crippen molar-refractivity contribution >= 4 is 10.0 Å². The van der Waals surface area contributed by atoms with Gasteiger partial charge in [0, 0.05) is 0 Å². The summed E-state index contributed by atoms with van der Waals surface area (Å²) in [6, 6.07) is -0.581. The van der Waals surface area contributed by atoms with Crippen molar-refractivity contribution in [3.8, 4) is 0 Å². The summed E-state index contributed by atoms with van der Waals surface area (Å²) in [7, 11) is -3.67. The van der Waals surface area contributed by atoms with Crippen molar-refractivity contribution in [1.82, 2.24) is 35.5 Å². The fourth-order valence-electron chi connectivity index (χ4n) is 1.63. The summed E-state index contributed by atoms with van der Waals surface area (Å²) >= 11 is 0. The van der Waals surface area contributed by atoms with E-state index in [1.54, 1.807) is 20.8 Å². The zero-order valence-corrected chi connectivity index (χ0v) is 10.9. The molecule has 10 heteroatoms. The second kappa shape index (κ2) is 4.46. The summed E-state index contributed by atoms with van der Waals surface area (Å²) in [5.74, 6) is 0.275. The van der Waals surface area contributed by atoms with Crippen molar-refractivity contribution in [2.24, 2.45) is 0 Å². The Bertz CT molecular complexity index is 611. The van der Waals surface area contributed by atoms with Crippen LogP contribution >= 0.6 is 0 Å². The Balaban J connectivity index is 2.28. The SMILES string of the molecule is Cc1n[nH]c(C)c1S(=O)(=O)NC(C)c1nn[nH]n1. The highest BCUT2D eigenvalue weighted by Crippen LogP contribution is 2.18. The van der Waals surface area contributed by atoms with Crippen LogP contribution in [0.3, 0.4) is 0 Å². The van der Waals surface area contributed by atoms with Crippen LogP contribution < -0.4 is 4.72 Å². The number of aromatic amines is 2. The number of hydrogen-bond acceptors (Lipinski definition) is 6. The molecular weight excluding hydrogens is 258 g/mol. The maximum absolute atomic E-state index is 12.2. The number of nitrogens with one attached hydrogen (secondary N) is 3. The fourth-order valence-corrected chi connectivity index (χ4v) is 3.21. The van der Waals surface area contributed by atoms with Gasteiger partial charge >= 0.3 is 0 Å². The lowest BCUT2D eigenvalue weighted by atomic mass is 10.4. The van der Waals surface area contributed by atoms with E-state index in [4.69, 9.17) is 0 Å². The molecule has 18 heavy (non-hydrogen) atoms. The van der Waals surface area contributed by atoms with E-state index in [9.17, 15) is 8.42 Å². The van der Waals surface area contributed by atoms with E-state index in [-0.39, 0.29) is 10.7 Å². The second-order valence-electron chi connectivity index (χ2n) is 3.88. The van der Waals surface area contributed by atoms with Gasteiger partial charge in [0.25, 0.3) is 0 Å². The van der Waals surface area contributed by atoms with E-state index >= 15 is 0 Å². The molecule has 1 atom stereocenters. The molecule has 0 fully saturated rings. The number of aryl methyl sites for hydroxylation is 2. The number of hydrogen-bond donors (Lipinski definition) is 3. The van der Waals surface area contributed by atoms with Crippen molar-refractivity contribution in [1.29, 1.82) is 0 Å². The third-order valence-electron chi connectivity index (χ3n) is 2.41. The molecular formula is C8H13N7O2S. The minimum atomic E-state index is -3.67. The van der Waals surface area contributed by atoms with Crippen molar-refractivity contribution in [2.45, 2.75) is 31.7 Å². The van der Waals surface area contributed by atoms with Gasteiger partial charge in [0.15, 0.2) is 5.82 Å². The Labute approximate surface area is 103 Å². The van der Waals surface area contributed by atoms with Gasteiger partial charge in [-0.3, -0.25) is 5.10 Å². The largest absolute Gasteiger partial charge is 0.281 e. The monoisotopic (exact) mass is 271 g/mol. The van der Waals surface area contributed by atoms with Crippen molar-refractivity contribution < 1.29 is 8.42 Å². The van der Waals surface area contributed by atoms with Crippen LogP contribution in [0, 0.1) is 13.8 Å². The Hall–Kier alpha value is -1.81. The number of sulfonamides is 1. The van der Waals surface area contributed by atoms with E-state index in [1.807, 2.05) is 0 Å². The lowest BCUT2D eigenvalue weighted by Gasteiger charge is -2.10. The maximum atomic E-state index is 12.2. The zero-order valence-electron chi connectivity index (χ0n) is 10.1. The van der Waals surface area contributed by atoms with Gasteiger partial charge in [-0.1, -0.05) is 5.21 Å². The maximum Gasteiger partial charge on any atom is 0.244 e. The summed E-state index contributed by atoms with van der Waals surface area (Å²) in [6.45, 7) is 4.90. The summed E-state index contributed by atoms with van der Waals surface area (Å²) in [6.07, 6.45) is 0. The average Bonchev–Trinajstić information content (AvgIpc) is 2.87. The number of H-pyrrole nitrogens is 2. The molecule has 2 rings (SSSR count). The molecule has 3 N–H and O–H groups in total. The molecule has 0 aliphatic rings. The molecule has 0 saturated carbocycles. The second-order valence-corrected chi connectivity index (χ2v) is 5.53. The highest BCUT2D eigenvalue weighted by Gasteiger charge is 2.25. The standard InChI is InChI=1S/C8H13N7O2S/c1-4-7(5(2)10-9-4)18(16,17)13-6(3)8-11-14-15-12-8/h6,13H,1-3H3,(H,9,10)(H,11,12,14,15). The topological polar surface area (TPSA) is 129 Å². The Morgan fingerprint density at radius 3 is 2.50 bits per heavy atom. The van der Waals surface area contributed by atoms with Gasteiger partial charge in [-0.25, -0.2) is 13.1 Å². The zero-order chi connectivity index (χ0) is 13.3. The van der Waals surface area contributed by atoms with Crippen LogP contribution in [0.4, 0.5) is 0 Å². The number of rotatable bonds is 4. The Morgan fingerprint density at radius 2 is 2.00 bits per heavy atom. The van der Waals surface area contributed by atoms with Gasteiger partial charge in [0.05, 0.1) is 17.4 Å². The highest BCUT2D eigenvalue weighted by molar-refractivity contribution is 7.89. The minimum Gasteiger partial charge on any atom is -0.281 e. The van der Waals surface area contributed by atoms with Crippen LogP contribution in [-0.4, -0.2) is 39.2 Å². The lowest BCUT2D eigenvalue weighted by Crippen LogP contribution is -2.28. The van der Waals surface area contributed by atoms with Crippen LogP contribution in [0.15, 0.2) is 4.90 Å². The first-order valence-electron chi connectivity index (χ1n) is 5.19. The van der Waals surface area contributed by atoms with E-state index < -0.39 is 16.1 Å².